The first-order valence-electron chi connectivity index (χ1n) is 4.36. The molecule has 2 heteroatoms. The molecular formula is C10H14NP. The largest absolute Gasteiger partial charge is 0.312 e. The minimum Gasteiger partial charge on any atom is -0.312 e. The van der Waals surface area contributed by atoms with E-state index in [-0.39, 0.29) is 0 Å². The van der Waals surface area contributed by atoms with Gasteiger partial charge in [0, 0.05) is 6.54 Å². The number of hydrogen-bond acceptors (Lipinski definition) is 1. The molecule has 1 aliphatic rings. The molecule has 0 amide bonds. The zero-order valence-corrected chi connectivity index (χ0v) is 8.51. The lowest BCUT2D eigenvalue weighted by atomic mass is 9.99. The maximum absolute atomic E-state index is 3.39. The Hall–Kier alpha value is -0.390. The summed E-state index contributed by atoms with van der Waals surface area (Å²) in [6.45, 7) is 4.32. The van der Waals surface area contributed by atoms with Gasteiger partial charge in [0.25, 0.3) is 0 Å². The lowest BCUT2D eigenvalue weighted by molar-refractivity contribution is 0.646. The van der Waals surface area contributed by atoms with Crippen molar-refractivity contribution < 1.29 is 0 Å². The van der Waals surface area contributed by atoms with E-state index < -0.39 is 0 Å². The van der Waals surface area contributed by atoms with Crippen molar-refractivity contribution in [1.29, 1.82) is 0 Å². The molecule has 1 heterocycles. The normalized spacial score (nSPS) is 15.8. The van der Waals surface area contributed by atoms with E-state index in [0.29, 0.717) is 0 Å². The number of benzene rings is 1. The van der Waals surface area contributed by atoms with Gasteiger partial charge in [-0.3, -0.25) is 0 Å². The Morgan fingerprint density at radius 3 is 3.08 bits per heavy atom. The average Bonchev–Trinajstić information content (AvgIpc) is 2.04. The highest BCUT2D eigenvalue weighted by Gasteiger charge is 2.10. The Labute approximate surface area is 75.8 Å². The van der Waals surface area contributed by atoms with E-state index in [2.05, 4.69) is 33.6 Å². The molecule has 1 atom stereocenters. The van der Waals surface area contributed by atoms with Crippen molar-refractivity contribution >= 4 is 14.5 Å². The third-order valence-electron chi connectivity index (χ3n) is 2.39. The van der Waals surface area contributed by atoms with E-state index in [9.17, 15) is 0 Å². The Morgan fingerprint density at radius 2 is 2.25 bits per heavy atom. The summed E-state index contributed by atoms with van der Waals surface area (Å²) in [5.41, 5.74) is 4.39. The van der Waals surface area contributed by atoms with Gasteiger partial charge in [0.05, 0.1) is 0 Å². The molecule has 1 aliphatic heterocycles. The summed E-state index contributed by atoms with van der Waals surface area (Å²) in [4.78, 5) is 0. The van der Waals surface area contributed by atoms with Crippen molar-refractivity contribution in [3.05, 3.63) is 28.8 Å². The van der Waals surface area contributed by atoms with Gasteiger partial charge >= 0.3 is 0 Å². The van der Waals surface area contributed by atoms with E-state index >= 15 is 0 Å². The second-order valence-electron chi connectivity index (χ2n) is 3.42. The fourth-order valence-corrected chi connectivity index (χ4v) is 2.35. The molecular weight excluding hydrogens is 165 g/mol. The second kappa shape index (κ2) is 3.16. The van der Waals surface area contributed by atoms with Crippen molar-refractivity contribution in [2.45, 2.75) is 19.9 Å². The fraction of sp³-hybridized carbons (Fsp3) is 0.400. The molecule has 0 spiro atoms. The summed E-state index contributed by atoms with van der Waals surface area (Å²) in [6.07, 6.45) is 1.18. The third-order valence-corrected chi connectivity index (χ3v) is 2.91. The van der Waals surface area contributed by atoms with Gasteiger partial charge in [-0.1, -0.05) is 17.7 Å². The van der Waals surface area contributed by atoms with Gasteiger partial charge < -0.3 is 5.32 Å². The maximum Gasteiger partial charge on any atom is 0.0214 e. The quantitative estimate of drug-likeness (QED) is 0.589. The molecule has 0 bridgehead atoms. The van der Waals surface area contributed by atoms with E-state index in [4.69, 9.17) is 0 Å². The zero-order valence-electron chi connectivity index (χ0n) is 7.35. The second-order valence-corrected chi connectivity index (χ2v) is 4.04. The molecule has 0 saturated carbocycles. The topological polar surface area (TPSA) is 12.0 Å². The minimum absolute atomic E-state index is 1.04. The molecule has 0 aromatic heterocycles. The molecule has 1 aromatic rings. The van der Waals surface area contributed by atoms with Crippen molar-refractivity contribution in [1.82, 2.24) is 5.32 Å². The first-order chi connectivity index (χ1) is 5.77. The number of nitrogens with one attached hydrogen (secondary N) is 1. The molecule has 1 aromatic carbocycles. The predicted molar refractivity (Wildman–Crippen MR) is 55.9 cm³/mol. The Kier molecular flexibility index (Phi) is 2.16. The average molecular weight is 179 g/mol. The van der Waals surface area contributed by atoms with Crippen LogP contribution in [-0.2, 0) is 13.0 Å². The molecule has 64 valence electrons. The van der Waals surface area contributed by atoms with Crippen molar-refractivity contribution in [3.8, 4) is 0 Å². The van der Waals surface area contributed by atoms with Crippen molar-refractivity contribution in [3.63, 3.8) is 0 Å². The van der Waals surface area contributed by atoms with Crippen LogP contribution < -0.4 is 10.6 Å². The van der Waals surface area contributed by atoms with Gasteiger partial charge in [-0.05, 0) is 36.3 Å². The molecule has 1 nitrogen and oxygen atoms in total. The van der Waals surface area contributed by atoms with E-state index in [1.54, 1.807) is 0 Å². The van der Waals surface area contributed by atoms with E-state index in [0.717, 1.165) is 13.1 Å². The Balaban J connectivity index is 2.53. The van der Waals surface area contributed by atoms with Crippen LogP contribution in [0.3, 0.4) is 0 Å². The van der Waals surface area contributed by atoms with Crippen LogP contribution >= 0.6 is 9.24 Å². The fourth-order valence-electron chi connectivity index (χ4n) is 1.80. The third kappa shape index (κ3) is 1.39. The molecule has 0 fully saturated rings. The highest BCUT2D eigenvalue weighted by Crippen LogP contribution is 2.15. The van der Waals surface area contributed by atoms with Crippen LogP contribution in [0.15, 0.2) is 12.1 Å². The van der Waals surface area contributed by atoms with Crippen LogP contribution in [0, 0.1) is 6.92 Å². The van der Waals surface area contributed by atoms with E-state index in [1.807, 2.05) is 0 Å². The lowest BCUT2D eigenvalue weighted by Crippen LogP contribution is -2.27. The van der Waals surface area contributed by atoms with E-state index in [1.165, 1.54) is 28.4 Å². The SMILES string of the molecule is Cc1cc(P)c2c(c1)CCNC2. The van der Waals surface area contributed by atoms with Crippen LogP contribution in [0.1, 0.15) is 16.7 Å². The van der Waals surface area contributed by atoms with Gasteiger partial charge in [-0.2, -0.15) is 0 Å². The molecule has 0 saturated heterocycles. The summed E-state index contributed by atoms with van der Waals surface area (Å²) < 4.78 is 0. The van der Waals surface area contributed by atoms with Crippen LogP contribution in [-0.4, -0.2) is 6.54 Å². The van der Waals surface area contributed by atoms with Gasteiger partial charge in [0.2, 0.25) is 0 Å². The predicted octanol–water partition coefficient (Wildman–Crippen LogP) is 1.14. The summed E-state index contributed by atoms with van der Waals surface area (Å²) in [6, 6.07) is 4.54. The molecule has 1 N–H and O–H groups in total. The number of hydrogen-bond donors (Lipinski definition) is 1. The number of rotatable bonds is 0. The van der Waals surface area contributed by atoms with Crippen molar-refractivity contribution in [2.75, 3.05) is 6.54 Å². The lowest BCUT2D eigenvalue weighted by Gasteiger charge is -2.19. The monoisotopic (exact) mass is 179 g/mol. The molecule has 12 heavy (non-hydrogen) atoms. The van der Waals surface area contributed by atoms with Crippen molar-refractivity contribution in [2.24, 2.45) is 0 Å². The molecule has 0 aliphatic carbocycles. The highest BCUT2D eigenvalue weighted by molar-refractivity contribution is 7.27. The summed E-state index contributed by atoms with van der Waals surface area (Å²) in [7, 11) is 2.82. The first kappa shape index (κ1) is 8.22. The maximum atomic E-state index is 3.39. The van der Waals surface area contributed by atoms with Crippen LogP contribution in [0.4, 0.5) is 0 Å². The standard InChI is InChI=1S/C10H14NP/c1-7-4-8-2-3-11-6-9(8)10(12)5-7/h4-5,11H,2-3,6,12H2,1H3. The Bertz CT molecular complexity index is 307. The van der Waals surface area contributed by atoms with Crippen LogP contribution in [0.2, 0.25) is 0 Å². The summed E-state index contributed by atoms with van der Waals surface area (Å²) in [5, 5.41) is 4.75. The van der Waals surface area contributed by atoms with Crippen LogP contribution in [0.5, 0.6) is 0 Å². The highest BCUT2D eigenvalue weighted by atomic mass is 31.0. The van der Waals surface area contributed by atoms with Gasteiger partial charge in [-0.25, -0.2) is 0 Å². The zero-order chi connectivity index (χ0) is 8.55. The number of fused-ring (bicyclic) bond motifs is 1. The van der Waals surface area contributed by atoms with Crippen LogP contribution in [0.25, 0.3) is 0 Å². The molecule has 1 unspecified atom stereocenters. The molecule has 2 rings (SSSR count). The van der Waals surface area contributed by atoms with Gasteiger partial charge in [0.1, 0.15) is 0 Å². The Morgan fingerprint density at radius 1 is 1.42 bits per heavy atom. The summed E-state index contributed by atoms with van der Waals surface area (Å²) in [5.74, 6) is 0. The molecule has 0 radical (unpaired) electrons. The first-order valence-corrected chi connectivity index (χ1v) is 4.93. The van der Waals surface area contributed by atoms with Gasteiger partial charge in [0.15, 0.2) is 0 Å². The minimum atomic E-state index is 1.04. The van der Waals surface area contributed by atoms with Gasteiger partial charge in [-0.15, -0.1) is 9.24 Å². The number of aryl methyl sites for hydroxylation is 1. The summed E-state index contributed by atoms with van der Waals surface area (Å²) >= 11 is 0. The smallest absolute Gasteiger partial charge is 0.0214 e.